The van der Waals surface area contributed by atoms with Crippen LogP contribution in [0.4, 0.5) is 0 Å². The van der Waals surface area contributed by atoms with E-state index in [1.165, 1.54) is 16.5 Å². The largest absolute Gasteiger partial charge is 0.333 e. The summed E-state index contributed by atoms with van der Waals surface area (Å²) >= 11 is -0.826. The Balaban J connectivity index is 0.000000329. The molecule has 0 aliphatic heterocycles. The van der Waals surface area contributed by atoms with Gasteiger partial charge in [-0.05, 0) is 12.1 Å². The van der Waals surface area contributed by atoms with Crippen molar-refractivity contribution < 1.29 is 20.8 Å². The molecule has 17 heavy (non-hydrogen) atoms. The molecule has 3 aromatic rings. The summed E-state index contributed by atoms with van der Waals surface area (Å²) in [7, 11) is 9.87. The van der Waals surface area contributed by atoms with Crippen LogP contribution in [0.3, 0.4) is 0 Å². The van der Waals surface area contributed by atoms with Crippen LogP contribution in [-0.4, -0.2) is 4.57 Å². The number of hydrogen-bond donors (Lipinski definition) is 0. The third-order valence-electron chi connectivity index (χ3n) is 2.54. The predicted octanol–water partition coefficient (Wildman–Crippen LogP) is 4.73. The van der Waals surface area contributed by atoms with Crippen LogP contribution in [-0.2, 0) is 20.8 Å². The van der Waals surface area contributed by atoms with Gasteiger partial charge in [0.1, 0.15) is 0 Å². The summed E-state index contributed by atoms with van der Waals surface area (Å²) in [6.45, 7) is 0. The van der Waals surface area contributed by atoms with Gasteiger partial charge in [0.2, 0.25) is 0 Å². The molecule has 0 spiro atoms. The Kier molecular flexibility index (Phi) is 4.97. The molecule has 1 aromatic heterocycles. The summed E-state index contributed by atoms with van der Waals surface area (Å²) in [5.74, 6) is 0. The van der Waals surface area contributed by atoms with Gasteiger partial charge in [-0.2, -0.15) is 12.1 Å². The Morgan fingerprint density at radius 3 is 2.41 bits per heavy atom. The summed E-state index contributed by atoms with van der Waals surface area (Å²) in [5.41, 5.74) is 1.25. The minimum absolute atomic E-state index is 0.826. The number of halogens is 2. The normalized spacial score (nSPS) is 9.76. The molecule has 0 aliphatic rings. The van der Waals surface area contributed by atoms with Crippen molar-refractivity contribution in [1.82, 2.24) is 4.57 Å². The van der Waals surface area contributed by atoms with Crippen LogP contribution in [0.15, 0.2) is 60.9 Å². The molecule has 86 valence electrons. The molecular weight excluding hydrogens is 332 g/mol. The Morgan fingerprint density at radius 1 is 1.00 bits per heavy atom. The first-order valence-electron chi connectivity index (χ1n) is 5.11. The molecule has 2 aromatic carbocycles. The second-order valence-corrected chi connectivity index (χ2v) is 7.20. The molecule has 0 radical (unpaired) electrons. The van der Waals surface area contributed by atoms with E-state index in [9.17, 15) is 0 Å². The van der Waals surface area contributed by atoms with Gasteiger partial charge in [-0.15, -0.1) is 29.0 Å². The summed E-state index contributed by atoms with van der Waals surface area (Å²) in [6, 6.07) is 16.9. The smallest absolute Gasteiger partial charge is 0.00799 e. The van der Waals surface area contributed by atoms with Gasteiger partial charge in [0, 0.05) is 18.1 Å². The van der Waals surface area contributed by atoms with E-state index >= 15 is 0 Å². The standard InChI is InChI=1S/C13H10N.2ClH.Zr/c1-2-10-14(9-1)13-8-4-6-11-5-3-7-12(11)13;;;/h1-10H;2*1H;/q-1;;;+2/p-2. The quantitative estimate of drug-likeness (QED) is 0.564. The molecule has 0 saturated heterocycles. The third-order valence-corrected chi connectivity index (χ3v) is 2.54. The van der Waals surface area contributed by atoms with E-state index in [4.69, 9.17) is 17.0 Å². The number of nitrogens with zero attached hydrogens (tertiary/aromatic N) is 1. The number of hydrogen-bond acceptors (Lipinski definition) is 0. The first kappa shape index (κ1) is 13.0. The van der Waals surface area contributed by atoms with Crippen molar-refractivity contribution in [1.29, 1.82) is 0 Å². The van der Waals surface area contributed by atoms with E-state index in [0.29, 0.717) is 0 Å². The van der Waals surface area contributed by atoms with Crippen LogP contribution in [0.5, 0.6) is 0 Å². The second-order valence-electron chi connectivity index (χ2n) is 3.47. The second kappa shape index (κ2) is 6.49. The molecule has 0 N–H and O–H groups in total. The molecule has 0 amide bonds. The van der Waals surface area contributed by atoms with Crippen LogP contribution in [0.2, 0.25) is 0 Å². The van der Waals surface area contributed by atoms with E-state index in [1.807, 2.05) is 12.1 Å². The zero-order valence-electron chi connectivity index (χ0n) is 8.98. The Hall–Kier alpha value is -0.427. The molecule has 0 saturated carbocycles. The Labute approximate surface area is 119 Å². The monoisotopic (exact) mass is 340 g/mol. The van der Waals surface area contributed by atoms with Crippen LogP contribution in [0.1, 0.15) is 0 Å². The Morgan fingerprint density at radius 2 is 1.71 bits per heavy atom. The van der Waals surface area contributed by atoms with Crippen LogP contribution >= 0.6 is 17.0 Å². The van der Waals surface area contributed by atoms with Gasteiger partial charge in [-0.1, -0.05) is 6.07 Å². The fraction of sp³-hybridized carbons (Fsp3) is 0. The minimum Gasteiger partial charge on any atom is -0.333 e. The van der Waals surface area contributed by atoms with Gasteiger partial charge in [-0.3, -0.25) is 0 Å². The van der Waals surface area contributed by atoms with Crippen molar-refractivity contribution in [2.45, 2.75) is 0 Å². The van der Waals surface area contributed by atoms with Crippen molar-refractivity contribution in [2.24, 2.45) is 0 Å². The van der Waals surface area contributed by atoms with Crippen molar-refractivity contribution in [3.63, 3.8) is 0 Å². The van der Waals surface area contributed by atoms with Gasteiger partial charge < -0.3 is 4.57 Å². The van der Waals surface area contributed by atoms with E-state index in [-0.39, 0.29) is 0 Å². The van der Waals surface area contributed by atoms with E-state index in [2.05, 4.69) is 53.4 Å². The van der Waals surface area contributed by atoms with Gasteiger partial charge in [0.05, 0.1) is 0 Å². The van der Waals surface area contributed by atoms with E-state index < -0.39 is 20.8 Å². The molecule has 1 heterocycles. The summed E-state index contributed by atoms with van der Waals surface area (Å²) in [5, 5.41) is 2.61. The summed E-state index contributed by atoms with van der Waals surface area (Å²) in [6.07, 6.45) is 4.14. The van der Waals surface area contributed by atoms with Crippen molar-refractivity contribution >= 4 is 27.8 Å². The molecule has 1 nitrogen and oxygen atoms in total. The maximum absolute atomic E-state index is 4.93. The van der Waals surface area contributed by atoms with E-state index in [1.54, 1.807) is 0 Å². The van der Waals surface area contributed by atoms with Crippen molar-refractivity contribution in [2.75, 3.05) is 0 Å². The maximum Gasteiger partial charge on any atom is 0.00799 e. The number of fused-ring (bicyclic) bond motifs is 1. The number of benzene rings is 1. The maximum atomic E-state index is 4.93. The zero-order chi connectivity index (χ0) is 12.1. The fourth-order valence-corrected chi connectivity index (χ4v) is 1.87. The van der Waals surface area contributed by atoms with Gasteiger partial charge in [0.25, 0.3) is 0 Å². The van der Waals surface area contributed by atoms with Gasteiger partial charge in [0.15, 0.2) is 0 Å². The molecule has 4 heteroatoms. The minimum atomic E-state index is -0.826. The zero-order valence-corrected chi connectivity index (χ0v) is 12.9. The van der Waals surface area contributed by atoms with Crippen LogP contribution < -0.4 is 0 Å². The van der Waals surface area contributed by atoms with Gasteiger partial charge in [-0.25, -0.2) is 0 Å². The van der Waals surface area contributed by atoms with Crippen molar-refractivity contribution in [3.05, 3.63) is 60.9 Å². The first-order chi connectivity index (χ1) is 8.36. The average molecular weight is 342 g/mol. The molecule has 0 atom stereocenters. The average Bonchev–Trinajstić information content (AvgIpc) is 3.01. The van der Waals surface area contributed by atoms with Crippen LogP contribution in [0.25, 0.3) is 16.5 Å². The molecule has 0 unspecified atom stereocenters. The van der Waals surface area contributed by atoms with Gasteiger partial charge >= 0.3 is 37.9 Å². The SMILES string of the molecule is [Cl][Zr][Cl].c1cc(-n2cccc2)c2cc[cH-]c2c1. The van der Waals surface area contributed by atoms with Crippen LogP contribution in [0, 0.1) is 0 Å². The molecule has 0 bridgehead atoms. The number of aromatic nitrogens is 1. The Bertz CT molecular complexity index is 572. The summed E-state index contributed by atoms with van der Waals surface area (Å²) < 4.78 is 2.14. The molecular formula is C13H10Cl2NZr-. The fourth-order valence-electron chi connectivity index (χ4n) is 1.87. The van der Waals surface area contributed by atoms with Crippen molar-refractivity contribution in [3.8, 4) is 5.69 Å². The third kappa shape index (κ3) is 3.07. The predicted molar refractivity (Wildman–Crippen MR) is 70.6 cm³/mol. The molecule has 3 rings (SSSR count). The first-order valence-corrected chi connectivity index (χ1v) is 11.4. The molecule has 0 fully saturated rings. The van der Waals surface area contributed by atoms with E-state index in [0.717, 1.165) is 0 Å². The topological polar surface area (TPSA) is 4.93 Å². The molecule has 0 aliphatic carbocycles. The number of rotatable bonds is 1. The summed E-state index contributed by atoms with van der Waals surface area (Å²) in [4.78, 5) is 0.